The molecular weight excluding hydrogens is 190 g/mol. The molecule has 0 radical (unpaired) electrons. The summed E-state index contributed by atoms with van der Waals surface area (Å²) >= 11 is 0. The molecule has 0 saturated carbocycles. The van der Waals surface area contributed by atoms with Crippen molar-refractivity contribution in [3.63, 3.8) is 0 Å². The van der Waals surface area contributed by atoms with Crippen LogP contribution in [0.5, 0.6) is 0 Å². The number of nitrogens with zero attached hydrogens (tertiary/aromatic N) is 3. The first-order chi connectivity index (χ1) is 7.42. The highest BCUT2D eigenvalue weighted by Crippen LogP contribution is 2.13. The number of aromatic amines is 1. The Morgan fingerprint density at radius 1 is 1.33 bits per heavy atom. The molecule has 5 heteroatoms. The molecule has 2 N–H and O–H groups in total. The smallest absolute Gasteiger partial charge is 0.220 e. The van der Waals surface area contributed by atoms with Crippen molar-refractivity contribution in [2.24, 2.45) is 4.99 Å². The summed E-state index contributed by atoms with van der Waals surface area (Å²) in [7, 11) is 0. The molecule has 0 saturated heterocycles. The first-order valence-corrected chi connectivity index (χ1v) is 4.90. The van der Waals surface area contributed by atoms with Crippen LogP contribution in [0.15, 0.2) is 29.3 Å². The molecule has 0 fully saturated rings. The summed E-state index contributed by atoms with van der Waals surface area (Å²) in [6.07, 6.45) is 1.78. The third-order valence-electron chi connectivity index (χ3n) is 2.33. The maximum atomic E-state index is 4.41. The highest BCUT2D eigenvalue weighted by molar-refractivity contribution is 5.77. The Hall–Kier alpha value is -2.04. The summed E-state index contributed by atoms with van der Waals surface area (Å²) in [5.41, 5.74) is 5.15. The van der Waals surface area contributed by atoms with Gasteiger partial charge in [0.2, 0.25) is 5.95 Å². The molecule has 1 aliphatic rings. The zero-order valence-electron chi connectivity index (χ0n) is 8.14. The standard InChI is InChI=1S/C10H11N5/c1-2-4-9-8(3-1)12-10(13-9)14-15-6-5-11-7-15/h1-4,7H,5-6H2,(H2,12,13,14). The van der Waals surface area contributed by atoms with E-state index in [1.807, 2.05) is 29.3 Å². The van der Waals surface area contributed by atoms with E-state index in [0.717, 1.165) is 30.1 Å². The third kappa shape index (κ3) is 1.52. The quantitative estimate of drug-likeness (QED) is 0.768. The number of aliphatic imine (C=N–C) groups is 1. The molecule has 0 spiro atoms. The lowest BCUT2D eigenvalue weighted by Crippen LogP contribution is -2.27. The first-order valence-electron chi connectivity index (χ1n) is 4.90. The Morgan fingerprint density at radius 2 is 2.27 bits per heavy atom. The Kier molecular flexibility index (Phi) is 1.81. The predicted octanol–water partition coefficient (Wildman–Crippen LogP) is 1.23. The molecule has 0 bridgehead atoms. The van der Waals surface area contributed by atoms with E-state index in [9.17, 15) is 0 Å². The van der Waals surface area contributed by atoms with E-state index in [2.05, 4.69) is 20.4 Å². The van der Waals surface area contributed by atoms with Crippen molar-refractivity contribution in [2.45, 2.75) is 0 Å². The van der Waals surface area contributed by atoms with Crippen molar-refractivity contribution in [1.82, 2.24) is 15.0 Å². The summed E-state index contributed by atoms with van der Waals surface area (Å²) in [4.78, 5) is 11.7. The topological polar surface area (TPSA) is 56.3 Å². The largest absolute Gasteiger partial charge is 0.323 e. The number of anilines is 1. The van der Waals surface area contributed by atoms with Crippen molar-refractivity contribution < 1.29 is 0 Å². The molecule has 0 unspecified atom stereocenters. The Bertz CT molecular complexity index is 468. The molecule has 0 amide bonds. The number of benzene rings is 1. The van der Waals surface area contributed by atoms with Gasteiger partial charge in [0.25, 0.3) is 0 Å². The second kappa shape index (κ2) is 3.27. The number of para-hydroxylation sites is 2. The van der Waals surface area contributed by atoms with Crippen LogP contribution >= 0.6 is 0 Å². The number of aromatic nitrogens is 2. The van der Waals surface area contributed by atoms with Gasteiger partial charge in [0.1, 0.15) is 6.34 Å². The molecule has 15 heavy (non-hydrogen) atoms. The van der Waals surface area contributed by atoms with Crippen molar-refractivity contribution in [2.75, 3.05) is 18.5 Å². The van der Waals surface area contributed by atoms with Crippen LogP contribution in [0, 0.1) is 0 Å². The van der Waals surface area contributed by atoms with Crippen molar-refractivity contribution >= 4 is 23.3 Å². The van der Waals surface area contributed by atoms with Gasteiger partial charge in [0, 0.05) is 0 Å². The van der Waals surface area contributed by atoms with Gasteiger partial charge in [-0.05, 0) is 12.1 Å². The molecule has 5 nitrogen and oxygen atoms in total. The van der Waals surface area contributed by atoms with Crippen molar-refractivity contribution in [1.29, 1.82) is 0 Å². The number of nitrogens with one attached hydrogen (secondary N) is 2. The van der Waals surface area contributed by atoms with Gasteiger partial charge in [-0.15, -0.1) is 0 Å². The number of hydrazine groups is 1. The van der Waals surface area contributed by atoms with Crippen molar-refractivity contribution in [3.05, 3.63) is 24.3 Å². The molecule has 0 aliphatic carbocycles. The lowest BCUT2D eigenvalue weighted by molar-refractivity contribution is 0.551. The van der Waals surface area contributed by atoms with Crippen LogP contribution in [-0.2, 0) is 0 Å². The van der Waals surface area contributed by atoms with Crippen LogP contribution in [0.2, 0.25) is 0 Å². The van der Waals surface area contributed by atoms with E-state index in [-0.39, 0.29) is 0 Å². The van der Waals surface area contributed by atoms with Gasteiger partial charge in [0.15, 0.2) is 0 Å². The van der Waals surface area contributed by atoms with Gasteiger partial charge >= 0.3 is 0 Å². The Morgan fingerprint density at radius 3 is 3.07 bits per heavy atom. The minimum absolute atomic E-state index is 0.754. The SMILES string of the molecule is C1=NCCN1Nc1nc2ccccc2[nH]1. The number of hydrogen-bond donors (Lipinski definition) is 2. The first kappa shape index (κ1) is 8.28. The minimum Gasteiger partial charge on any atom is -0.323 e. The highest BCUT2D eigenvalue weighted by atomic mass is 15.6. The van der Waals surface area contributed by atoms with Crippen LogP contribution in [0.25, 0.3) is 11.0 Å². The lowest BCUT2D eigenvalue weighted by atomic mass is 10.3. The second-order valence-electron chi connectivity index (χ2n) is 3.43. The number of imidazole rings is 1. The van der Waals surface area contributed by atoms with Crippen LogP contribution < -0.4 is 5.43 Å². The van der Waals surface area contributed by atoms with Crippen molar-refractivity contribution in [3.8, 4) is 0 Å². The fourth-order valence-electron chi connectivity index (χ4n) is 1.61. The van der Waals surface area contributed by atoms with Crippen LogP contribution in [0.4, 0.5) is 5.95 Å². The fourth-order valence-corrected chi connectivity index (χ4v) is 1.61. The molecule has 2 aromatic rings. The fraction of sp³-hybridized carbons (Fsp3) is 0.200. The monoisotopic (exact) mass is 201 g/mol. The normalized spacial score (nSPS) is 15.1. The van der Waals surface area contributed by atoms with Crippen LogP contribution in [0.3, 0.4) is 0 Å². The number of hydrogen-bond acceptors (Lipinski definition) is 4. The van der Waals surface area contributed by atoms with Gasteiger partial charge in [0.05, 0.1) is 24.1 Å². The zero-order chi connectivity index (χ0) is 10.1. The van der Waals surface area contributed by atoms with E-state index in [4.69, 9.17) is 0 Å². The average Bonchev–Trinajstić information content (AvgIpc) is 2.86. The zero-order valence-corrected chi connectivity index (χ0v) is 8.14. The van der Waals surface area contributed by atoms with Gasteiger partial charge in [-0.3, -0.25) is 15.4 Å². The maximum Gasteiger partial charge on any atom is 0.220 e. The summed E-state index contributed by atoms with van der Waals surface area (Å²) in [5.74, 6) is 0.754. The molecule has 1 aromatic carbocycles. The van der Waals surface area contributed by atoms with E-state index >= 15 is 0 Å². The Labute approximate surface area is 86.8 Å². The molecule has 0 atom stereocenters. The lowest BCUT2D eigenvalue weighted by Gasteiger charge is -2.13. The van der Waals surface area contributed by atoms with Crippen LogP contribution in [0.1, 0.15) is 0 Å². The molecule has 1 aliphatic heterocycles. The summed E-state index contributed by atoms with van der Waals surface area (Å²) in [6, 6.07) is 7.95. The minimum atomic E-state index is 0.754. The molecule has 1 aromatic heterocycles. The van der Waals surface area contributed by atoms with Gasteiger partial charge in [-0.1, -0.05) is 12.1 Å². The Balaban J connectivity index is 1.88. The summed E-state index contributed by atoms with van der Waals surface area (Å²) in [6.45, 7) is 1.73. The molecule has 2 heterocycles. The van der Waals surface area contributed by atoms with E-state index in [1.54, 1.807) is 6.34 Å². The van der Waals surface area contributed by atoms with Crippen LogP contribution in [-0.4, -0.2) is 34.4 Å². The average molecular weight is 201 g/mol. The predicted molar refractivity (Wildman–Crippen MR) is 59.8 cm³/mol. The number of H-pyrrole nitrogens is 1. The van der Waals surface area contributed by atoms with E-state index in [1.165, 1.54) is 0 Å². The second-order valence-corrected chi connectivity index (χ2v) is 3.43. The maximum absolute atomic E-state index is 4.41. The summed E-state index contributed by atoms with van der Waals surface area (Å²) in [5, 5.41) is 1.91. The summed E-state index contributed by atoms with van der Waals surface area (Å²) < 4.78 is 0. The van der Waals surface area contributed by atoms with Gasteiger partial charge in [-0.25, -0.2) is 4.98 Å². The molecular formula is C10H11N5. The number of rotatable bonds is 2. The molecule has 76 valence electrons. The van der Waals surface area contributed by atoms with E-state index in [0.29, 0.717) is 0 Å². The third-order valence-corrected chi connectivity index (χ3v) is 2.33. The van der Waals surface area contributed by atoms with Gasteiger partial charge < -0.3 is 4.98 Å². The number of fused-ring (bicyclic) bond motifs is 1. The molecule has 3 rings (SSSR count). The highest BCUT2D eigenvalue weighted by Gasteiger charge is 2.07. The van der Waals surface area contributed by atoms with E-state index < -0.39 is 0 Å². The van der Waals surface area contributed by atoms with Gasteiger partial charge in [-0.2, -0.15) is 0 Å².